The molecule has 0 spiro atoms. The lowest BCUT2D eigenvalue weighted by molar-refractivity contribution is -0.141. The minimum Gasteiger partial charge on any atom is -0.494 e. The van der Waals surface area contributed by atoms with Crippen LogP contribution in [0, 0.1) is 0 Å². The third kappa shape index (κ3) is 3.35. The van der Waals surface area contributed by atoms with Crippen LogP contribution in [0.1, 0.15) is 32.7 Å². The van der Waals surface area contributed by atoms with Crippen molar-refractivity contribution in [1.82, 2.24) is 9.55 Å². The maximum atomic E-state index is 12.9. The Bertz CT molecular complexity index is 975. The average molecular weight is 372 g/mol. The first-order valence-electron chi connectivity index (χ1n) is 8.51. The molecule has 136 valence electrons. The lowest BCUT2D eigenvalue weighted by Crippen LogP contribution is -2.29. The highest BCUT2D eigenvalue weighted by atomic mass is 32.1. The van der Waals surface area contributed by atoms with Crippen molar-refractivity contribution in [3.63, 3.8) is 0 Å². The number of nitrogens with zero attached hydrogens (tertiary/aromatic N) is 2. The van der Waals surface area contributed by atoms with Gasteiger partial charge in [0.1, 0.15) is 16.6 Å². The zero-order valence-electron chi connectivity index (χ0n) is 14.6. The smallest absolute Gasteiger partial charge is 0.326 e. The van der Waals surface area contributed by atoms with Crippen molar-refractivity contribution in [3.05, 3.63) is 46.3 Å². The second-order valence-electron chi connectivity index (χ2n) is 5.92. The van der Waals surface area contributed by atoms with Gasteiger partial charge in [-0.15, -0.1) is 11.3 Å². The van der Waals surface area contributed by atoms with Crippen LogP contribution in [-0.4, -0.2) is 27.2 Å². The second-order valence-corrected chi connectivity index (χ2v) is 6.78. The maximum absolute atomic E-state index is 12.9. The van der Waals surface area contributed by atoms with Gasteiger partial charge in [-0.05, 0) is 30.5 Å². The summed E-state index contributed by atoms with van der Waals surface area (Å²) in [4.78, 5) is 29.3. The van der Waals surface area contributed by atoms with Crippen molar-refractivity contribution < 1.29 is 14.6 Å². The fourth-order valence-electron chi connectivity index (χ4n) is 2.82. The van der Waals surface area contributed by atoms with Gasteiger partial charge >= 0.3 is 5.97 Å². The lowest BCUT2D eigenvalue weighted by Gasteiger charge is -2.13. The Morgan fingerprint density at radius 3 is 2.65 bits per heavy atom. The molecule has 0 fully saturated rings. The van der Waals surface area contributed by atoms with Gasteiger partial charge in [-0.2, -0.15) is 0 Å². The number of rotatable bonds is 7. The molecule has 7 heteroatoms. The average Bonchev–Trinajstić information content (AvgIpc) is 3.07. The standard InChI is InChI=1S/C19H20N2O4S/c1-3-9-25-13-7-5-12(6-8-13)14-10-26-17-16(14)18(22)21(11-20-17)15(4-2)19(23)24/h5-8,10-11,15H,3-4,9H2,1-2H3,(H,23,24)/t15-/m1/s1. The number of thiophene rings is 1. The van der Waals surface area contributed by atoms with E-state index >= 15 is 0 Å². The molecule has 6 nitrogen and oxygen atoms in total. The van der Waals surface area contributed by atoms with E-state index in [1.54, 1.807) is 6.92 Å². The monoisotopic (exact) mass is 372 g/mol. The Labute approximate surface area is 154 Å². The fourth-order valence-corrected chi connectivity index (χ4v) is 3.73. The number of aromatic nitrogens is 2. The van der Waals surface area contributed by atoms with Gasteiger partial charge in [-0.3, -0.25) is 9.36 Å². The van der Waals surface area contributed by atoms with E-state index in [9.17, 15) is 14.7 Å². The van der Waals surface area contributed by atoms with Crippen LogP contribution in [0.5, 0.6) is 5.75 Å². The minimum atomic E-state index is -1.04. The van der Waals surface area contributed by atoms with Crippen LogP contribution in [0.2, 0.25) is 0 Å². The molecule has 0 aliphatic heterocycles. The molecule has 2 heterocycles. The van der Waals surface area contributed by atoms with Crippen LogP contribution in [-0.2, 0) is 4.79 Å². The van der Waals surface area contributed by atoms with Crippen LogP contribution in [0.25, 0.3) is 21.3 Å². The van der Waals surface area contributed by atoms with Crippen LogP contribution in [0.4, 0.5) is 0 Å². The van der Waals surface area contributed by atoms with Crippen LogP contribution < -0.4 is 10.3 Å². The van der Waals surface area contributed by atoms with E-state index in [1.807, 2.05) is 36.6 Å². The van der Waals surface area contributed by atoms with E-state index in [0.29, 0.717) is 23.2 Å². The third-order valence-corrected chi connectivity index (χ3v) is 5.05. The first-order valence-corrected chi connectivity index (χ1v) is 9.39. The first kappa shape index (κ1) is 18.1. The summed E-state index contributed by atoms with van der Waals surface area (Å²) in [5.41, 5.74) is 1.31. The van der Waals surface area contributed by atoms with Gasteiger partial charge in [0, 0.05) is 10.9 Å². The van der Waals surface area contributed by atoms with Crippen molar-refractivity contribution >= 4 is 27.5 Å². The zero-order valence-corrected chi connectivity index (χ0v) is 15.5. The number of hydrogen-bond acceptors (Lipinski definition) is 5. The molecule has 0 aliphatic rings. The number of carboxylic acid groups (broad SMARTS) is 1. The molecule has 0 amide bonds. The molecule has 0 saturated heterocycles. The van der Waals surface area contributed by atoms with Crippen LogP contribution in [0.3, 0.4) is 0 Å². The van der Waals surface area contributed by atoms with E-state index in [4.69, 9.17) is 4.74 Å². The molecule has 1 aromatic carbocycles. The van der Waals surface area contributed by atoms with Gasteiger partial charge in [0.25, 0.3) is 5.56 Å². The van der Waals surface area contributed by atoms with Gasteiger partial charge in [-0.1, -0.05) is 26.0 Å². The molecule has 0 aliphatic carbocycles. The van der Waals surface area contributed by atoms with E-state index in [1.165, 1.54) is 22.2 Å². The summed E-state index contributed by atoms with van der Waals surface area (Å²) in [6.07, 6.45) is 2.57. The van der Waals surface area contributed by atoms with Crippen molar-refractivity contribution in [2.24, 2.45) is 0 Å². The highest BCUT2D eigenvalue weighted by Crippen LogP contribution is 2.32. The molecule has 0 bridgehead atoms. The molecule has 3 aromatic rings. The van der Waals surface area contributed by atoms with E-state index in [-0.39, 0.29) is 5.56 Å². The molecular weight excluding hydrogens is 352 g/mol. The first-order chi connectivity index (χ1) is 12.6. The summed E-state index contributed by atoms with van der Waals surface area (Å²) < 4.78 is 6.80. The van der Waals surface area contributed by atoms with Gasteiger partial charge < -0.3 is 9.84 Å². The molecule has 3 rings (SSSR count). The number of fused-ring (bicyclic) bond motifs is 1. The predicted octanol–water partition coefficient (Wildman–Crippen LogP) is 3.95. The molecule has 0 unspecified atom stereocenters. The highest BCUT2D eigenvalue weighted by Gasteiger charge is 2.21. The molecule has 2 aromatic heterocycles. The molecule has 0 radical (unpaired) electrons. The second kappa shape index (κ2) is 7.70. The van der Waals surface area contributed by atoms with Gasteiger partial charge in [-0.25, -0.2) is 9.78 Å². The summed E-state index contributed by atoms with van der Waals surface area (Å²) >= 11 is 1.37. The van der Waals surface area contributed by atoms with E-state index in [2.05, 4.69) is 4.98 Å². The topological polar surface area (TPSA) is 81.4 Å². The zero-order chi connectivity index (χ0) is 18.7. The summed E-state index contributed by atoms with van der Waals surface area (Å²) in [5.74, 6) is -0.257. The predicted molar refractivity (Wildman–Crippen MR) is 102 cm³/mol. The van der Waals surface area contributed by atoms with Crippen molar-refractivity contribution in [2.45, 2.75) is 32.7 Å². The van der Waals surface area contributed by atoms with Crippen molar-refractivity contribution in [3.8, 4) is 16.9 Å². The Morgan fingerprint density at radius 1 is 1.31 bits per heavy atom. The molecule has 26 heavy (non-hydrogen) atoms. The fraction of sp³-hybridized carbons (Fsp3) is 0.316. The van der Waals surface area contributed by atoms with Gasteiger partial charge in [0.2, 0.25) is 0 Å². The van der Waals surface area contributed by atoms with Gasteiger partial charge in [0.15, 0.2) is 0 Å². The molecule has 1 N–H and O–H groups in total. The van der Waals surface area contributed by atoms with Gasteiger partial charge in [0.05, 0.1) is 18.3 Å². The summed E-state index contributed by atoms with van der Waals surface area (Å²) in [6.45, 7) is 4.44. The normalized spacial score (nSPS) is 12.2. The number of ether oxygens (including phenoxy) is 1. The van der Waals surface area contributed by atoms with Crippen LogP contribution in [0.15, 0.2) is 40.8 Å². The van der Waals surface area contributed by atoms with E-state index < -0.39 is 12.0 Å². The molecule has 1 atom stereocenters. The molecule has 0 saturated carbocycles. The number of carboxylic acids is 1. The van der Waals surface area contributed by atoms with Crippen molar-refractivity contribution in [1.29, 1.82) is 0 Å². The number of carbonyl (C=O) groups is 1. The number of aliphatic carboxylic acids is 1. The number of benzene rings is 1. The Balaban J connectivity index is 2.07. The SMILES string of the molecule is CCCOc1ccc(-c2csc3ncn([C@H](CC)C(=O)O)c(=O)c23)cc1. The Hall–Kier alpha value is -2.67. The summed E-state index contributed by atoms with van der Waals surface area (Å²) in [7, 11) is 0. The van der Waals surface area contributed by atoms with E-state index in [0.717, 1.165) is 23.3 Å². The summed E-state index contributed by atoms with van der Waals surface area (Å²) in [5, 5.41) is 11.7. The lowest BCUT2D eigenvalue weighted by atomic mass is 10.1. The van der Waals surface area contributed by atoms with Crippen molar-refractivity contribution in [2.75, 3.05) is 6.61 Å². The van der Waals surface area contributed by atoms with Crippen LogP contribution >= 0.6 is 11.3 Å². The minimum absolute atomic E-state index is 0.311. The largest absolute Gasteiger partial charge is 0.494 e. The number of hydrogen-bond donors (Lipinski definition) is 1. The highest BCUT2D eigenvalue weighted by molar-refractivity contribution is 7.17. The molecular formula is C19H20N2O4S. The Morgan fingerprint density at radius 2 is 2.04 bits per heavy atom. The quantitative estimate of drug-likeness (QED) is 0.679. The summed E-state index contributed by atoms with van der Waals surface area (Å²) in [6, 6.07) is 6.62. The Kier molecular flexibility index (Phi) is 5.37. The third-order valence-electron chi connectivity index (χ3n) is 4.17. The maximum Gasteiger partial charge on any atom is 0.326 e.